The molecule has 1 heterocycles. The zero-order valence-corrected chi connectivity index (χ0v) is 7.19. The van der Waals surface area contributed by atoms with Crippen molar-refractivity contribution in [1.82, 2.24) is 5.32 Å². The largest absolute Gasteiger partial charge is 0.444 e. The molecule has 3 heteroatoms. The molecular weight excluding hydrogens is 166 g/mol. The van der Waals surface area contributed by atoms with Crippen molar-refractivity contribution in [3.63, 3.8) is 0 Å². The van der Waals surface area contributed by atoms with Crippen LogP contribution in [0.1, 0.15) is 5.56 Å². The normalized spacial score (nSPS) is 20.9. The van der Waals surface area contributed by atoms with Gasteiger partial charge in [-0.05, 0) is 5.56 Å². The molecule has 3 nitrogen and oxygen atoms in total. The molecule has 1 aliphatic heterocycles. The first kappa shape index (κ1) is 8.10. The second-order valence-electron chi connectivity index (χ2n) is 3.10. The highest BCUT2D eigenvalue weighted by Gasteiger charge is 2.22. The molecule has 1 aromatic rings. The van der Waals surface area contributed by atoms with Gasteiger partial charge in [0.05, 0.1) is 6.54 Å². The van der Waals surface area contributed by atoms with Crippen LogP contribution in [-0.2, 0) is 11.2 Å². The Morgan fingerprint density at radius 1 is 1.38 bits per heavy atom. The Morgan fingerprint density at radius 3 is 2.77 bits per heavy atom. The van der Waals surface area contributed by atoms with Crippen molar-refractivity contribution in [1.29, 1.82) is 0 Å². The lowest BCUT2D eigenvalue weighted by atomic mass is 10.1. The van der Waals surface area contributed by atoms with Gasteiger partial charge in [-0.2, -0.15) is 0 Å². The maximum atomic E-state index is 10.7. The van der Waals surface area contributed by atoms with Crippen molar-refractivity contribution in [2.75, 3.05) is 6.54 Å². The summed E-state index contributed by atoms with van der Waals surface area (Å²) < 4.78 is 5.02. The highest BCUT2D eigenvalue weighted by Crippen LogP contribution is 2.08. The number of nitrogens with one attached hydrogen (secondary N) is 1. The Hall–Kier alpha value is -1.51. The molecule has 68 valence electrons. The predicted octanol–water partition coefficient (Wildman–Crippen LogP) is 1.34. The summed E-state index contributed by atoms with van der Waals surface area (Å²) in [6.45, 7) is 0.619. The number of carbonyl (C=O) groups is 1. The van der Waals surface area contributed by atoms with E-state index in [0.29, 0.717) is 6.54 Å². The van der Waals surface area contributed by atoms with Crippen molar-refractivity contribution in [3.05, 3.63) is 35.9 Å². The molecule has 1 atom stereocenters. The van der Waals surface area contributed by atoms with Gasteiger partial charge in [-0.25, -0.2) is 4.79 Å². The lowest BCUT2D eigenvalue weighted by Crippen LogP contribution is -2.16. The van der Waals surface area contributed by atoms with Gasteiger partial charge in [0.15, 0.2) is 0 Å². The average Bonchev–Trinajstić information content (AvgIpc) is 2.53. The van der Waals surface area contributed by atoms with Crippen molar-refractivity contribution in [2.24, 2.45) is 0 Å². The van der Waals surface area contributed by atoms with Crippen LogP contribution in [0.4, 0.5) is 4.79 Å². The Balaban J connectivity index is 1.96. The van der Waals surface area contributed by atoms with Gasteiger partial charge in [-0.15, -0.1) is 0 Å². The molecule has 13 heavy (non-hydrogen) atoms. The number of amides is 1. The Bertz CT molecular complexity index is 297. The molecule has 2 rings (SSSR count). The van der Waals surface area contributed by atoms with Crippen LogP contribution in [0.25, 0.3) is 0 Å². The number of rotatable bonds is 2. The number of alkyl carbamates (subject to hydrolysis) is 1. The Morgan fingerprint density at radius 2 is 2.15 bits per heavy atom. The first-order chi connectivity index (χ1) is 6.34. The minimum Gasteiger partial charge on any atom is -0.444 e. The van der Waals surface area contributed by atoms with E-state index in [1.807, 2.05) is 30.3 Å². The third-order valence-electron chi connectivity index (χ3n) is 2.05. The van der Waals surface area contributed by atoms with E-state index in [-0.39, 0.29) is 12.2 Å². The SMILES string of the molecule is O=C1NC[C@H](Cc2ccccc2)O1. The fourth-order valence-electron chi connectivity index (χ4n) is 1.42. The summed E-state index contributed by atoms with van der Waals surface area (Å²) in [5.74, 6) is 0. The van der Waals surface area contributed by atoms with E-state index in [2.05, 4.69) is 5.32 Å². The van der Waals surface area contributed by atoms with Crippen LogP contribution >= 0.6 is 0 Å². The highest BCUT2D eigenvalue weighted by atomic mass is 16.6. The van der Waals surface area contributed by atoms with Crippen molar-refractivity contribution in [2.45, 2.75) is 12.5 Å². The van der Waals surface area contributed by atoms with Gasteiger partial charge in [0.1, 0.15) is 6.10 Å². The van der Waals surface area contributed by atoms with E-state index < -0.39 is 0 Å². The van der Waals surface area contributed by atoms with Crippen LogP contribution in [0.2, 0.25) is 0 Å². The summed E-state index contributed by atoms with van der Waals surface area (Å²) in [6, 6.07) is 10.0. The Labute approximate surface area is 76.7 Å². The van der Waals surface area contributed by atoms with Gasteiger partial charge in [-0.3, -0.25) is 0 Å². The summed E-state index contributed by atoms with van der Waals surface area (Å²) in [4.78, 5) is 10.7. The molecule has 1 saturated heterocycles. The lowest BCUT2D eigenvalue weighted by Gasteiger charge is -2.06. The molecular formula is C10H11NO2. The molecule has 1 N–H and O–H groups in total. The van der Waals surface area contributed by atoms with E-state index in [9.17, 15) is 4.79 Å². The third-order valence-corrected chi connectivity index (χ3v) is 2.05. The standard InChI is InChI=1S/C10H11NO2/c12-10-11-7-9(13-10)6-8-4-2-1-3-5-8/h1-5,9H,6-7H2,(H,11,12)/t9-/m0/s1. The summed E-state index contributed by atoms with van der Waals surface area (Å²) >= 11 is 0. The quantitative estimate of drug-likeness (QED) is 0.740. The van der Waals surface area contributed by atoms with Gasteiger partial charge in [0.2, 0.25) is 0 Å². The van der Waals surface area contributed by atoms with Crippen LogP contribution in [-0.4, -0.2) is 18.7 Å². The molecule has 0 unspecified atom stereocenters. The number of benzene rings is 1. The van der Waals surface area contributed by atoms with E-state index in [1.165, 1.54) is 5.56 Å². The van der Waals surface area contributed by atoms with Crippen LogP contribution < -0.4 is 5.32 Å². The second kappa shape index (κ2) is 3.47. The van der Waals surface area contributed by atoms with Gasteiger partial charge in [0, 0.05) is 6.42 Å². The van der Waals surface area contributed by atoms with E-state index in [1.54, 1.807) is 0 Å². The van der Waals surface area contributed by atoms with E-state index in [0.717, 1.165) is 6.42 Å². The molecule has 1 fully saturated rings. The number of cyclic esters (lactones) is 1. The third kappa shape index (κ3) is 1.99. The average molecular weight is 177 g/mol. The van der Waals surface area contributed by atoms with Gasteiger partial charge in [-0.1, -0.05) is 30.3 Å². The summed E-state index contributed by atoms with van der Waals surface area (Å²) in [6.07, 6.45) is 0.482. The minimum atomic E-state index is -0.305. The van der Waals surface area contributed by atoms with Crippen LogP contribution in [0.5, 0.6) is 0 Å². The predicted molar refractivity (Wildman–Crippen MR) is 48.4 cm³/mol. The topological polar surface area (TPSA) is 38.3 Å². The van der Waals surface area contributed by atoms with Crippen LogP contribution in [0, 0.1) is 0 Å². The number of hydrogen-bond acceptors (Lipinski definition) is 2. The molecule has 0 aromatic heterocycles. The molecule has 0 spiro atoms. The first-order valence-electron chi connectivity index (χ1n) is 4.33. The fraction of sp³-hybridized carbons (Fsp3) is 0.300. The second-order valence-corrected chi connectivity index (χ2v) is 3.10. The molecule has 1 aliphatic rings. The van der Waals surface area contributed by atoms with Gasteiger partial charge < -0.3 is 10.1 Å². The zero-order chi connectivity index (χ0) is 9.10. The first-order valence-corrected chi connectivity index (χ1v) is 4.33. The van der Waals surface area contributed by atoms with Crippen LogP contribution in [0.15, 0.2) is 30.3 Å². The smallest absolute Gasteiger partial charge is 0.407 e. The summed E-state index contributed by atoms with van der Waals surface area (Å²) in [7, 11) is 0. The van der Waals surface area contributed by atoms with E-state index in [4.69, 9.17) is 4.74 Å². The van der Waals surface area contributed by atoms with Gasteiger partial charge in [0.25, 0.3) is 0 Å². The minimum absolute atomic E-state index is 0.00472. The highest BCUT2D eigenvalue weighted by molar-refractivity contribution is 5.69. The maximum Gasteiger partial charge on any atom is 0.407 e. The molecule has 1 aromatic carbocycles. The summed E-state index contributed by atoms with van der Waals surface area (Å²) in [5, 5.41) is 2.63. The number of ether oxygens (including phenoxy) is 1. The van der Waals surface area contributed by atoms with Gasteiger partial charge >= 0.3 is 6.09 Å². The molecule has 0 radical (unpaired) electrons. The Kier molecular flexibility index (Phi) is 2.17. The van der Waals surface area contributed by atoms with Crippen molar-refractivity contribution < 1.29 is 9.53 Å². The number of hydrogen-bond donors (Lipinski definition) is 1. The lowest BCUT2D eigenvalue weighted by molar-refractivity contribution is 0.140. The van der Waals surface area contributed by atoms with Crippen molar-refractivity contribution in [3.8, 4) is 0 Å². The molecule has 0 aliphatic carbocycles. The molecule has 0 saturated carbocycles. The van der Waals surface area contributed by atoms with Crippen molar-refractivity contribution >= 4 is 6.09 Å². The number of carbonyl (C=O) groups excluding carboxylic acids is 1. The zero-order valence-electron chi connectivity index (χ0n) is 7.19. The molecule has 0 bridgehead atoms. The van der Waals surface area contributed by atoms with Crippen LogP contribution in [0.3, 0.4) is 0 Å². The maximum absolute atomic E-state index is 10.7. The fourth-order valence-corrected chi connectivity index (χ4v) is 1.42. The summed E-state index contributed by atoms with van der Waals surface area (Å²) in [5.41, 5.74) is 1.20. The van der Waals surface area contributed by atoms with E-state index >= 15 is 0 Å². The monoisotopic (exact) mass is 177 g/mol. The molecule has 1 amide bonds.